The minimum Gasteiger partial charge on any atom is -0.496 e. The highest BCUT2D eigenvalue weighted by atomic mass is 19.1. The van der Waals surface area contributed by atoms with Crippen LogP contribution in [0.25, 0.3) is 33.7 Å². The SMILES string of the molecule is COc1ccc(-c2ccc3nc(-c4c(F)cccc4OC)oc3c2)c(OC)c1OC. The molecule has 0 aliphatic rings. The molecule has 1 heterocycles. The Morgan fingerprint density at radius 2 is 1.57 bits per heavy atom. The highest BCUT2D eigenvalue weighted by molar-refractivity contribution is 5.85. The van der Waals surface area contributed by atoms with Crippen LogP contribution in [0, 0.1) is 5.82 Å². The van der Waals surface area contributed by atoms with E-state index in [0.717, 1.165) is 11.1 Å². The maximum absolute atomic E-state index is 14.4. The summed E-state index contributed by atoms with van der Waals surface area (Å²) in [6.07, 6.45) is 0. The number of hydrogen-bond donors (Lipinski definition) is 0. The van der Waals surface area contributed by atoms with Gasteiger partial charge in [-0.3, -0.25) is 0 Å². The van der Waals surface area contributed by atoms with Crippen LogP contribution in [0.2, 0.25) is 0 Å². The van der Waals surface area contributed by atoms with E-state index in [1.54, 1.807) is 45.6 Å². The van der Waals surface area contributed by atoms with Gasteiger partial charge >= 0.3 is 0 Å². The van der Waals surface area contributed by atoms with Crippen molar-refractivity contribution in [3.8, 4) is 45.6 Å². The van der Waals surface area contributed by atoms with E-state index in [-0.39, 0.29) is 11.5 Å². The number of oxazole rings is 1. The Kier molecular flexibility index (Phi) is 5.18. The molecule has 0 fully saturated rings. The molecule has 0 amide bonds. The lowest BCUT2D eigenvalue weighted by atomic mass is 10.0. The van der Waals surface area contributed by atoms with Crippen LogP contribution in [0.1, 0.15) is 0 Å². The number of fused-ring (bicyclic) bond motifs is 1. The first-order valence-electron chi connectivity index (χ1n) is 9.14. The van der Waals surface area contributed by atoms with Gasteiger partial charge in [0.15, 0.2) is 17.1 Å². The van der Waals surface area contributed by atoms with Crippen LogP contribution in [0.3, 0.4) is 0 Å². The Balaban J connectivity index is 1.85. The number of rotatable bonds is 6. The second-order valence-electron chi connectivity index (χ2n) is 6.40. The van der Waals surface area contributed by atoms with E-state index in [0.29, 0.717) is 34.1 Å². The molecule has 0 N–H and O–H groups in total. The molecule has 4 rings (SSSR count). The number of benzene rings is 3. The molecule has 4 aromatic rings. The summed E-state index contributed by atoms with van der Waals surface area (Å²) in [5, 5.41) is 0. The molecule has 6 nitrogen and oxygen atoms in total. The van der Waals surface area contributed by atoms with Crippen LogP contribution in [-0.2, 0) is 0 Å². The number of aromatic nitrogens is 1. The molecule has 0 bridgehead atoms. The monoisotopic (exact) mass is 409 g/mol. The summed E-state index contributed by atoms with van der Waals surface area (Å²) in [4.78, 5) is 4.43. The highest BCUT2D eigenvalue weighted by Gasteiger charge is 2.20. The zero-order chi connectivity index (χ0) is 21.3. The van der Waals surface area contributed by atoms with E-state index < -0.39 is 5.82 Å². The third-order valence-electron chi connectivity index (χ3n) is 4.81. The standard InChI is InChI=1S/C23H20FNO5/c1-26-17-7-5-6-15(24)20(17)23-25-16-10-8-13(12-19(16)30-23)14-9-11-18(27-2)22(29-4)21(14)28-3/h5-12H,1-4H3. The van der Waals surface area contributed by atoms with Crippen LogP contribution in [0.5, 0.6) is 23.0 Å². The average Bonchev–Trinajstić information content (AvgIpc) is 3.20. The van der Waals surface area contributed by atoms with Crippen LogP contribution >= 0.6 is 0 Å². The highest BCUT2D eigenvalue weighted by Crippen LogP contribution is 2.45. The molecule has 1 aromatic heterocycles. The van der Waals surface area contributed by atoms with Crippen molar-refractivity contribution in [2.24, 2.45) is 0 Å². The van der Waals surface area contributed by atoms with Gasteiger partial charge in [-0.1, -0.05) is 12.1 Å². The molecule has 0 saturated carbocycles. The van der Waals surface area contributed by atoms with Crippen LogP contribution in [0.4, 0.5) is 4.39 Å². The fraction of sp³-hybridized carbons (Fsp3) is 0.174. The third kappa shape index (κ3) is 3.18. The van der Waals surface area contributed by atoms with Gasteiger partial charge in [-0.05, 0) is 42.0 Å². The molecule has 0 unspecified atom stereocenters. The van der Waals surface area contributed by atoms with Gasteiger partial charge in [0, 0.05) is 5.56 Å². The summed E-state index contributed by atoms with van der Waals surface area (Å²) < 4.78 is 42.0. The molecular formula is C23H20FNO5. The second-order valence-corrected chi connectivity index (χ2v) is 6.40. The molecule has 0 radical (unpaired) electrons. The van der Waals surface area contributed by atoms with E-state index in [9.17, 15) is 4.39 Å². The normalized spacial score (nSPS) is 10.8. The molecular weight excluding hydrogens is 389 g/mol. The first kappa shape index (κ1) is 19.6. The summed E-state index contributed by atoms with van der Waals surface area (Å²) in [7, 11) is 6.16. The molecule has 0 atom stereocenters. The fourth-order valence-corrected chi connectivity index (χ4v) is 3.41. The van der Waals surface area contributed by atoms with Crippen molar-refractivity contribution in [1.82, 2.24) is 4.98 Å². The van der Waals surface area contributed by atoms with Crippen molar-refractivity contribution >= 4 is 11.1 Å². The van der Waals surface area contributed by atoms with Gasteiger partial charge in [0.2, 0.25) is 11.6 Å². The van der Waals surface area contributed by atoms with E-state index in [4.69, 9.17) is 23.4 Å². The predicted octanol–water partition coefficient (Wildman–Crippen LogP) is 5.34. The van der Waals surface area contributed by atoms with Crippen LogP contribution in [-0.4, -0.2) is 33.4 Å². The second kappa shape index (κ2) is 7.94. The fourth-order valence-electron chi connectivity index (χ4n) is 3.41. The van der Waals surface area contributed by atoms with Crippen molar-refractivity contribution in [1.29, 1.82) is 0 Å². The minimum absolute atomic E-state index is 0.149. The largest absolute Gasteiger partial charge is 0.496 e. The van der Waals surface area contributed by atoms with Crippen molar-refractivity contribution in [3.05, 3.63) is 54.3 Å². The van der Waals surface area contributed by atoms with Gasteiger partial charge in [0.25, 0.3) is 0 Å². The summed E-state index contributed by atoms with van der Waals surface area (Å²) in [5.41, 5.74) is 2.89. The first-order valence-corrected chi connectivity index (χ1v) is 9.14. The van der Waals surface area contributed by atoms with Crippen molar-refractivity contribution in [2.45, 2.75) is 0 Å². The average molecular weight is 409 g/mol. The zero-order valence-electron chi connectivity index (χ0n) is 17.0. The molecule has 3 aromatic carbocycles. The Labute approximate surface area is 172 Å². The molecule has 0 aliphatic heterocycles. The molecule has 30 heavy (non-hydrogen) atoms. The third-order valence-corrected chi connectivity index (χ3v) is 4.81. The lowest BCUT2D eigenvalue weighted by Gasteiger charge is -2.15. The van der Waals surface area contributed by atoms with Crippen molar-refractivity contribution in [2.75, 3.05) is 28.4 Å². The van der Waals surface area contributed by atoms with E-state index in [1.165, 1.54) is 13.2 Å². The lowest BCUT2D eigenvalue weighted by Crippen LogP contribution is -1.96. The number of hydrogen-bond acceptors (Lipinski definition) is 6. The predicted molar refractivity (Wildman–Crippen MR) is 111 cm³/mol. The Morgan fingerprint density at radius 1 is 0.800 bits per heavy atom. The molecule has 154 valence electrons. The first-order chi connectivity index (χ1) is 14.6. The number of ether oxygens (including phenoxy) is 4. The van der Waals surface area contributed by atoms with Gasteiger partial charge in [-0.15, -0.1) is 0 Å². The van der Waals surface area contributed by atoms with Gasteiger partial charge < -0.3 is 23.4 Å². The van der Waals surface area contributed by atoms with Crippen LogP contribution in [0.15, 0.2) is 52.9 Å². The van der Waals surface area contributed by atoms with Crippen molar-refractivity contribution in [3.63, 3.8) is 0 Å². The summed E-state index contributed by atoms with van der Waals surface area (Å²) >= 11 is 0. The zero-order valence-corrected chi connectivity index (χ0v) is 17.0. The summed E-state index contributed by atoms with van der Waals surface area (Å²) in [5.74, 6) is 1.62. The smallest absolute Gasteiger partial charge is 0.234 e. The number of methoxy groups -OCH3 is 4. The Hall–Kier alpha value is -3.74. The Bertz CT molecular complexity index is 1220. The number of nitrogens with zero attached hydrogens (tertiary/aromatic N) is 1. The summed E-state index contributed by atoms with van der Waals surface area (Å²) in [6, 6.07) is 13.8. The molecule has 7 heteroatoms. The molecule has 0 saturated heterocycles. The number of halogens is 1. The quantitative estimate of drug-likeness (QED) is 0.429. The molecule has 0 spiro atoms. The minimum atomic E-state index is -0.470. The van der Waals surface area contributed by atoms with Gasteiger partial charge in [-0.25, -0.2) is 9.37 Å². The van der Waals surface area contributed by atoms with E-state index in [2.05, 4.69) is 4.98 Å². The summed E-state index contributed by atoms with van der Waals surface area (Å²) in [6.45, 7) is 0. The molecule has 0 aliphatic carbocycles. The Morgan fingerprint density at radius 3 is 2.27 bits per heavy atom. The van der Waals surface area contributed by atoms with Gasteiger partial charge in [-0.2, -0.15) is 0 Å². The van der Waals surface area contributed by atoms with Gasteiger partial charge in [0.05, 0.1) is 28.4 Å². The van der Waals surface area contributed by atoms with E-state index >= 15 is 0 Å². The van der Waals surface area contributed by atoms with Gasteiger partial charge in [0.1, 0.15) is 22.6 Å². The lowest BCUT2D eigenvalue weighted by molar-refractivity contribution is 0.325. The topological polar surface area (TPSA) is 63.0 Å². The maximum atomic E-state index is 14.4. The maximum Gasteiger partial charge on any atom is 0.234 e. The van der Waals surface area contributed by atoms with Crippen LogP contribution < -0.4 is 18.9 Å². The van der Waals surface area contributed by atoms with E-state index in [1.807, 2.05) is 18.2 Å². The van der Waals surface area contributed by atoms with Crippen molar-refractivity contribution < 1.29 is 27.8 Å².